The quantitative estimate of drug-likeness (QED) is 0.411. The summed E-state index contributed by atoms with van der Waals surface area (Å²) in [7, 11) is 0. The number of nitrogens with one attached hydrogen (secondary N) is 1. The van der Waals surface area contributed by atoms with E-state index < -0.39 is 16.7 Å². The van der Waals surface area contributed by atoms with Crippen LogP contribution in [0.1, 0.15) is 19.8 Å². The number of phenols is 1. The average molecular weight is 267 g/mol. The van der Waals surface area contributed by atoms with Gasteiger partial charge in [-0.25, -0.2) is 0 Å². The maximum atomic E-state index is 11.9. The molecule has 7 nitrogen and oxygen atoms in total. The fraction of sp³-hybridized carbons (Fsp3) is 0.417. The summed E-state index contributed by atoms with van der Waals surface area (Å²) in [5.74, 6) is -1.19. The Bertz CT molecular complexity index is 476. The second-order valence-corrected chi connectivity index (χ2v) is 4.14. The van der Waals surface area contributed by atoms with Gasteiger partial charge >= 0.3 is 0 Å². The number of phenolic OH excluding ortho intramolecular Hbond substituents is 1. The van der Waals surface area contributed by atoms with Crippen LogP contribution in [-0.4, -0.2) is 22.5 Å². The lowest BCUT2D eigenvalue weighted by Gasteiger charge is -2.14. The number of carbonyl (C=O) groups is 1. The largest absolute Gasteiger partial charge is 0.505 e. The number of nitrogens with two attached hydrogens (primary N) is 1. The van der Waals surface area contributed by atoms with Crippen molar-refractivity contribution in [3.8, 4) is 5.75 Å². The molecule has 0 aliphatic carbocycles. The van der Waals surface area contributed by atoms with Gasteiger partial charge in [-0.1, -0.05) is 19.4 Å². The first-order valence-corrected chi connectivity index (χ1v) is 5.98. The van der Waals surface area contributed by atoms with Crippen molar-refractivity contribution in [2.24, 2.45) is 11.7 Å². The van der Waals surface area contributed by atoms with Crippen LogP contribution >= 0.6 is 0 Å². The number of amides is 1. The van der Waals surface area contributed by atoms with Gasteiger partial charge in [0, 0.05) is 12.6 Å². The predicted molar refractivity (Wildman–Crippen MR) is 70.8 cm³/mol. The molecule has 1 atom stereocenters. The summed E-state index contributed by atoms with van der Waals surface area (Å²) >= 11 is 0. The fourth-order valence-corrected chi connectivity index (χ4v) is 1.74. The van der Waals surface area contributed by atoms with Crippen molar-refractivity contribution in [3.05, 3.63) is 28.3 Å². The molecular formula is C12H17N3O4. The molecule has 0 bridgehead atoms. The number of nitrogens with zero attached hydrogens (tertiary/aromatic N) is 1. The summed E-state index contributed by atoms with van der Waals surface area (Å²) in [6.07, 6.45) is 1.36. The fourth-order valence-electron chi connectivity index (χ4n) is 1.74. The highest BCUT2D eigenvalue weighted by Crippen LogP contribution is 2.33. The van der Waals surface area contributed by atoms with Crippen LogP contribution in [0.4, 0.5) is 11.4 Å². The Labute approximate surface area is 110 Å². The summed E-state index contributed by atoms with van der Waals surface area (Å²) in [5.41, 5.74) is 4.96. The van der Waals surface area contributed by atoms with Gasteiger partial charge in [-0.2, -0.15) is 0 Å². The monoisotopic (exact) mass is 267 g/mol. The van der Waals surface area contributed by atoms with Gasteiger partial charge in [-0.3, -0.25) is 14.9 Å². The number of rotatable bonds is 6. The van der Waals surface area contributed by atoms with Crippen LogP contribution in [-0.2, 0) is 4.79 Å². The number of aromatic hydroxyl groups is 1. The number of anilines is 1. The van der Waals surface area contributed by atoms with Gasteiger partial charge in [0.25, 0.3) is 5.69 Å². The van der Waals surface area contributed by atoms with Gasteiger partial charge in [-0.15, -0.1) is 0 Å². The van der Waals surface area contributed by atoms with Crippen LogP contribution in [0.3, 0.4) is 0 Å². The maximum Gasteiger partial charge on any atom is 0.296 e. The lowest BCUT2D eigenvalue weighted by atomic mass is 10.0. The molecule has 1 aromatic rings. The summed E-state index contributed by atoms with van der Waals surface area (Å²) < 4.78 is 0. The number of hydrogen-bond donors (Lipinski definition) is 3. The van der Waals surface area contributed by atoms with E-state index in [1.807, 2.05) is 6.92 Å². The highest BCUT2D eigenvalue weighted by atomic mass is 16.6. The van der Waals surface area contributed by atoms with Crippen LogP contribution in [0.5, 0.6) is 5.75 Å². The van der Waals surface area contributed by atoms with Crippen LogP contribution < -0.4 is 11.1 Å². The number of para-hydroxylation sites is 1. The first-order valence-electron chi connectivity index (χ1n) is 5.98. The van der Waals surface area contributed by atoms with Crippen molar-refractivity contribution in [2.45, 2.75) is 19.8 Å². The molecule has 0 fully saturated rings. The molecule has 19 heavy (non-hydrogen) atoms. The number of benzene rings is 1. The molecule has 0 aliphatic heterocycles. The lowest BCUT2D eigenvalue weighted by Crippen LogP contribution is -2.29. The molecule has 0 saturated heterocycles. The SMILES string of the molecule is CCCC(CN)C(=O)Nc1c(O)cccc1[N+](=O)[O-]. The number of nitro groups is 1. The molecule has 1 unspecified atom stereocenters. The Morgan fingerprint density at radius 2 is 2.26 bits per heavy atom. The molecule has 7 heteroatoms. The summed E-state index contributed by atoms with van der Waals surface area (Å²) in [6, 6.07) is 3.84. The number of hydrogen-bond acceptors (Lipinski definition) is 5. The van der Waals surface area contributed by atoms with E-state index in [0.717, 1.165) is 6.42 Å². The van der Waals surface area contributed by atoms with Crippen LogP contribution in [0.15, 0.2) is 18.2 Å². The van der Waals surface area contributed by atoms with E-state index in [2.05, 4.69) is 5.32 Å². The molecule has 1 rings (SSSR count). The van der Waals surface area contributed by atoms with E-state index in [4.69, 9.17) is 5.73 Å². The Kier molecular flexibility index (Phi) is 5.25. The zero-order chi connectivity index (χ0) is 14.4. The van der Waals surface area contributed by atoms with Gasteiger partial charge in [-0.05, 0) is 12.5 Å². The topological polar surface area (TPSA) is 118 Å². The lowest BCUT2D eigenvalue weighted by molar-refractivity contribution is -0.384. The smallest absolute Gasteiger partial charge is 0.296 e. The third-order valence-corrected chi connectivity index (χ3v) is 2.76. The zero-order valence-corrected chi connectivity index (χ0v) is 10.6. The van der Waals surface area contributed by atoms with E-state index in [-0.39, 0.29) is 23.7 Å². The summed E-state index contributed by atoms with van der Waals surface area (Å²) in [4.78, 5) is 22.1. The van der Waals surface area contributed by atoms with Crippen LogP contribution in [0.25, 0.3) is 0 Å². The van der Waals surface area contributed by atoms with Crippen molar-refractivity contribution in [2.75, 3.05) is 11.9 Å². The second-order valence-electron chi connectivity index (χ2n) is 4.14. The minimum Gasteiger partial charge on any atom is -0.505 e. The first-order chi connectivity index (χ1) is 9.01. The second kappa shape index (κ2) is 6.69. The first kappa shape index (κ1) is 14.9. The van der Waals surface area contributed by atoms with Gasteiger partial charge in [0.2, 0.25) is 5.91 Å². The number of nitro benzene ring substituents is 1. The molecule has 4 N–H and O–H groups in total. The van der Waals surface area contributed by atoms with Gasteiger partial charge in [0.15, 0.2) is 5.69 Å². The summed E-state index contributed by atoms with van der Waals surface area (Å²) in [6.45, 7) is 2.07. The van der Waals surface area contributed by atoms with E-state index >= 15 is 0 Å². The highest BCUT2D eigenvalue weighted by molar-refractivity contribution is 5.96. The molecule has 0 heterocycles. The van der Waals surface area contributed by atoms with Gasteiger partial charge in [0.1, 0.15) is 5.75 Å². The highest BCUT2D eigenvalue weighted by Gasteiger charge is 2.23. The van der Waals surface area contributed by atoms with Gasteiger partial charge < -0.3 is 16.2 Å². The third kappa shape index (κ3) is 3.65. The molecule has 0 radical (unpaired) electrons. The minimum absolute atomic E-state index is 0.154. The minimum atomic E-state index is -0.660. The molecule has 0 saturated carbocycles. The van der Waals surface area contributed by atoms with Crippen molar-refractivity contribution < 1.29 is 14.8 Å². The standard InChI is InChI=1S/C12H17N3O4/c1-2-4-8(7-13)12(17)14-11-9(15(18)19)5-3-6-10(11)16/h3,5-6,8,16H,2,4,7,13H2,1H3,(H,14,17). The summed E-state index contributed by atoms with van der Waals surface area (Å²) in [5, 5.41) is 22.8. The maximum absolute atomic E-state index is 11.9. The van der Waals surface area contributed by atoms with Gasteiger partial charge in [0.05, 0.1) is 10.8 Å². The molecule has 1 amide bonds. The average Bonchev–Trinajstić information content (AvgIpc) is 2.37. The van der Waals surface area contributed by atoms with Crippen LogP contribution in [0, 0.1) is 16.0 Å². The van der Waals surface area contributed by atoms with Crippen molar-refractivity contribution in [1.82, 2.24) is 0 Å². The molecule has 0 spiro atoms. The van der Waals surface area contributed by atoms with Crippen molar-refractivity contribution in [3.63, 3.8) is 0 Å². The third-order valence-electron chi connectivity index (χ3n) is 2.76. The Balaban J connectivity index is 2.98. The van der Waals surface area contributed by atoms with E-state index in [0.29, 0.717) is 6.42 Å². The van der Waals surface area contributed by atoms with E-state index in [9.17, 15) is 20.0 Å². The molecular weight excluding hydrogens is 250 g/mol. The predicted octanol–water partition coefficient (Wildman–Crippen LogP) is 1.61. The Morgan fingerprint density at radius 1 is 1.58 bits per heavy atom. The van der Waals surface area contributed by atoms with E-state index in [1.165, 1.54) is 18.2 Å². The van der Waals surface area contributed by atoms with Crippen LogP contribution in [0.2, 0.25) is 0 Å². The van der Waals surface area contributed by atoms with Crippen molar-refractivity contribution in [1.29, 1.82) is 0 Å². The number of carbonyl (C=O) groups excluding carboxylic acids is 1. The normalized spacial score (nSPS) is 11.9. The molecule has 0 aliphatic rings. The van der Waals surface area contributed by atoms with Crippen molar-refractivity contribution >= 4 is 17.3 Å². The Morgan fingerprint density at radius 3 is 2.79 bits per heavy atom. The molecule has 104 valence electrons. The molecule has 0 aromatic heterocycles. The zero-order valence-electron chi connectivity index (χ0n) is 10.6. The molecule has 1 aromatic carbocycles. The van der Waals surface area contributed by atoms with E-state index in [1.54, 1.807) is 0 Å². The Hall–Kier alpha value is -2.15.